The van der Waals surface area contributed by atoms with Crippen LogP contribution < -0.4 is 0 Å². The van der Waals surface area contributed by atoms with Crippen molar-refractivity contribution in [3.8, 4) is 33.4 Å². The van der Waals surface area contributed by atoms with Crippen LogP contribution in [0.2, 0.25) is 0 Å². The van der Waals surface area contributed by atoms with E-state index in [1.165, 1.54) is 77.5 Å². The van der Waals surface area contributed by atoms with Gasteiger partial charge in [0.2, 0.25) is 0 Å². The summed E-state index contributed by atoms with van der Waals surface area (Å²) >= 11 is 0. The number of furan rings is 1. The predicted molar refractivity (Wildman–Crippen MR) is 248 cm³/mol. The highest BCUT2D eigenvalue weighted by Crippen LogP contribution is 2.47. The molecule has 2 atom stereocenters. The van der Waals surface area contributed by atoms with Gasteiger partial charge in [-0.25, -0.2) is 0 Å². The van der Waals surface area contributed by atoms with Crippen molar-refractivity contribution in [2.24, 2.45) is 0 Å². The van der Waals surface area contributed by atoms with E-state index in [0.717, 1.165) is 59.6 Å². The highest BCUT2D eigenvalue weighted by atomic mass is 16.3. The average molecular weight is 759 g/mol. The molecule has 0 saturated carbocycles. The molecule has 284 valence electrons. The molecule has 11 rings (SSSR count). The lowest BCUT2D eigenvalue weighted by atomic mass is 9.74. The first-order chi connectivity index (χ1) is 29.1. The summed E-state index contributed by atoms with van der Waals surface area (Å²) in [6.07, 6.45) is 12.6. The Balaban J connectivity index is 0.904. The smallest absolute Gasteiger partial charge is 0.143 e. The number of rotatable bonds is 8. The van der Waals surface area contributed by atoms with Crippen LogP contribution in [0.1, 0.15) is 64.5 Å². The third-order valence-corrected chi connectivity index (χ3v) is 13.0. The van der Waals surface area contributed by atoms with E-state index in [9.17, 15) is 0 Å². The molecule has 0 N–H and O–H groups in total. The minimum atomic E-state index is 0.220. The molecule has 1 nitrogen and oxygen atoms in total. The normalized spacial score (nSPS) is 15.3. The molecule has 2 unspecified atom stereocenters. The summed E-state index contributed by atoms with van der Waals surface area (Å²) in [6, 6.07) is 63.3. The van der Waals surface area contributed by atoms with E-state index in [-0.39, 0.29) is 5.92 Å². The minimum absolute atomic E-state index is 0.220. The highest BCUT2D eigenvalue weighted by molar-refractivity contribution is 6.09. The summed E-state index contributed by atoms with van der Waals surface area (Å²) in [5.41, 5.74) is 19.2. The third-order valence-electron chi connectivity index (χ3n) is 13.0. The van der Waals surface area contributed by atoms with Gasteiger partial charge >= 0.3 is 0 Å². The van der Waals surface area contributed by atoms with Gasteiger partial charge in [0.1, 0.15) is 11.2 Å². The summed E-state index contributed by atoms with van der Waals surface area (Å²) in [7, 11) is 0. The Labute approximate surface area is 347 Å². The number of benzene rings is 8. The zero-order chi connectivity index (χ0) is 39.3. The third kappa shape index (κ3) is 6.61. The lowest BCUT2D eigenvalue weighted by Crippen LogP contribution is -2.13. The van der Waals surface area contributed by atoms with Crippen molar-refractivity contribution in [1.82, 2.24) is 0 Å². The van der Waals surface area contributed by atoms with Crippen LogP contribution in [0.5, 0.6) is 0 Å². The number of aryl methyl sites for hydroxylation is 1. The molecule has 59 heavy (non-hydrogen) atoms. The predicted octanol–water partition coefficient (Wildman–Crippen LogP) is 15.7. The molecule has 8 aromatic carbocycles. The van der Waals surface area contributed by atoms with Gasteiger partial charge in [0, 0.05) is 22.3 Å². The van der Waals surface area contributed by atoms with Gasteiger partial charge in [-0.15, -0.1) is 0 Å². The van der Waals surface area contributed by atoms with E-state index in [1.807, 2.05) is 6.07 Å². The standard InChI is InChI=1S/C58H46O/c1-38-11-9-15-46(33-38)54(44-27-25-43(26-28-44)51-18-10-19-53-52-17-7-8-20-56(52)59-58(51)53)35-40-21-23-41(24-22-40)45-29-30-47-36-48(34-39-12-3-2-4-13-39)50-32-31-42-14-5-6-16-49(42)57(50)55(47)37-45/h3,5-33,37,48,54H,2,4,34-36H2,1H3. The van der Waals surface area contributed by atoms with Crippen molar-refractivity contribution >= 4 is 32.7 Å². The Morgan fingerprint density at radius 2 is 1.37 bits per heavy atom. The Kier molecular flexibility index (Phi) is 8.96. The van der Waals surface area contributed by atoms with Gasteiger partial charge in [-0.2, -0.15) is 0 Å². The molecule has 2 aliphatic carbocycles. The monoisotopic (exact) mass is 758 g/mol. The van der Waals surface area contributed by atoms with Gasteiger partial charge in [0.05, 0.1) is 0 Å². The van der Waals surface area contributed by atoms with Crippen molar-refractivity contribution in [3.05, 3.63) is 227 Å². The zero-order valence-corrected chi connectivity index (χ0v) is 33.5. The quantitative estimate of drug-likeness (QED) is 0.150. The van der Waals surface area contributed by atoms with Crippen LogP contribution in [0.25, 0.3) is 66.1 Å². The van der Waals surface area contributed by atoms with Crippen LogP contribution >= 0.6 is 0 Å². The van der Waals surface area contributed by atoms with Crippen LogP contribution in [-0.4, -0.2) is 0 Å². The van der Waals surface area contributed by atoms with E-state index in [0.29, 0.717) is 5.92 Å². The van der Waals surface area contributed by atoms with Crippen LogP contribution in [0.3, 0.4) is 0 Å². The zero-order valence-electron chi connectivity index (χ0n) is 33.5. The second-order valence-corrected chi connectivity index (χ2v) is 16.8. The molecule has 0 fully saturated rings. The summed E-state index contributed by atoms with van der Waals surface area (Å²) in [6.45, 7) is 2.19. The number of fused-ring (bicyclic) bond motifs is 8. The SMILES string of the molecule is Cc1cccc(C(Cc2ccc(-c3ccc4c(c3)-c3c(ccc5ccccc35)C(CC3=CCCC=C3)C4)cc2)c2ccc(-c3cccc4c3oc3ccccc34)cc2)c1. The fourth-order valence-corrected chi connectivity index (χ4v) is 10.0. The van der Waals surface area contributed by atoms with Crippen molar-refractivity contribution in [2.75, 3.05) is 0 Å². The van der Waals surface area contributed by atoms with E-state index in [1.54, 1.807) is 0 Å². The summed E-state index contributed by atoms with van der Waals surface area (Å²) in [5, 5.41) is 4.99. The lowest BCUT2D eigenvalue weighted by molar-refractivity contribution is 0.670. The van der Waals surface area contributed by atoms with Gasteiger partial charge in [-0.05, 0) is 123 Å². The van der Waals surface area contributed by atoms with Crippen molar-refractivity contribution in [3.63, 3.8) is 0 Å². The Hall–Kier alpha value is -6.70. The van der Waals surface area contributed by atoms with Gasteiger partial charge in [-0.3, -0.25) is 0 Å². The van der Waals surface area contributed by atoms with Gasteiger partial charge in [0.25, 0.3) is 0 Å². The van der Waals surface area contributed by atoms with E-state index in [2.05, 4.69) is 189 Å². The van der Waals surface area contributed by atoms with Crippen molar-refractivity contribution < 1.29 is 4.42 Å². The highest BCUT2D eigenvalue weighted by Gasteiger charge is 2.27. The van der Waals surface area contributed by atoms with Crippen LogP contribution in [0.15, 0.2) is 198 Å². The van der Waals surface area contributed by atoms with Crippen LogP contribution in [0.4, 0.5) is 0 Å². The summed E-state index contributed by atoms with van der Waals surface area (Å²) in [4.78, 5) is 0. The molecule has 0 bridgehead atoms. The van der Waals surface area contributed by atoms with Crippen LogP contribution in [-0.2, 0) is 12.8 Å². The maximum absolute atomic E-state index is 6.40. The average Bonchev–Trinajstić information content (AvgIpc) is 3.68. The molecular weight excluding hydrogens is 713 g/mol. The summed E-state index contributed by atoms with van der Waals surface area (Å²) < 4.78 is 6.40. The molecule has 1 aromatic heterocycles. The molecule has 0 amide bonds. The number of para-hydroxylation sites is 2. The lowest BCUT2D eigenvalue weighted by Gasteiger charge is -2.30. The maximum Gasteiger partial charge on any atom is 0.143 e. The molecule has 0 spiro atoms. The number of hydrogen-bond donors (Lipinski definition) is 0. The first-order valence-corrected chi connectivity index (χ1v) is 21.3. The first kappa shape index (κ1) is 35.5. The number of allylic oxidation sites excluding steroid dienone is 4. The van der Waals surface area contributed by atoms with E-state index >= 15 is 0 Å². The second kappa shape index (κ2) is 14.9. The van der Waals surface area contributed by atoms with Crippen molar-refractivity contribution in [1.29, 1.82) is 0 Å². The molecule has 0 aliphatic heterocycles. The van der Waals surface area contributed by atoms with E-state index < -0.39 is 0 Å². The van der Waals surface area contributed by atoms with E-state index in [4.69, 9.17) is 4.42 Å². The minimum Gasteiger partial charge on any atom is -0.455 e. The molecule has 1 heteroatoms. The molecule has 9 aromatic rings. The largest absolute Gasteiger partial charge is 0.455 e. The molecule has 0 saturated heterocycles. The Bertz CT molecular complexity index is 3080. The Morgan fingerprint density at radius 3 is 2.22 bits per heavy atom. The van der Waals surface area contributed by atoms with Gasteiger partial charge < -0.3 is 4.42 Å². The number of hydrogen-bond acceptors (Lipinski definition) is 1. The second-order valence-electron chi connectivity index (χ2n) is 16.8. The fraction of sp³-hybridized carbons (Fsp3) is 0.138. The topological polar surface area (TPSA) is 13.1 Å². The van der Waals surface area contributed by atoms with Crippen molar-refractivity contribution in [2.45, 2.75) is 50.9 Å². The maximum atomic E-state index is 6.40. The first-order valence-electron chi connectivity index (χ1n) is 21.3. The Morgan fingerprint density at radius 1 is 0.593 bits per heavy atom. The molecular formula is C58H46O. The van der Waals surface area contributed by atoms with Crippen LogP contribution in [0, 0.1) is 6.92 Å². The van der Waals surface area contributed by atoms with Gasteiger partial charge in [0.15, 0.2) is 0 Å². The summed E-state index contributed by atoms with van der Waals surface area (Å²) in [5.74, 6) is 0.697. The molecule has 1 heterocycles. The molecule has 2 aliphatic rings. The fourth-order valence-electron chi connectivity index (χ4n) is 10.0. The molecule has 0 radical (unpaired) electrons. The van der Waals surface area contributed by atoms with Gasteiger partial charge in [-0.1, -0.05) is 187 Å².